The molecule has 2 rings (SSSR count). The number of benzene rings is 2. The summed E-state index contributed by atoms with van der Waals surface area (Å²) in [5.74, 6) is 0. The van der Waals surface area contributed by atoms with Crippen molar-refractivity contribution in [2.24, 2.45) is 0 Å². The predicted octanol–water partition coefficient (Wildman–Crippen LogP) is 2.43. The monoisotopic (exact) mass is 278 g/mol. The van der Waals surface area contributed by atoms with Crippen LogP contribution in [0.2, 0.25) is 0 Å². The minimum atomic E-state index is -4.35. The van der Waals surface area contributed by atoms with Gasteiger partial charge in [-0.3, -0.25) is 0 Å². The molecular weight excluding hydrogens is 264 g/mol. The van der Waals surface area contributed by atoms with Crippen LogP contribution >= 0.6 is 0 Å². The summed E-state index contributed by atoms with van der Waals surface area (Å²) in [5.41, 5.74) is 2.47. The van der Waals surface area contributed by atoms with Gasteiger partial charge in [0.1, 0.15) is 7.85 Å². The number of aliphatic hydroxyl groups is 1. The third kappa shape index (κ3) is 2.88. The van der Waals surface area contributed by atoms with E-state index in [-0.39, 0.29) is 12.1 Å². The van der Waals surface area contributed by atoms with Gasteiger partial charge in [0.05, 0.1) is 6.61 Å². The maximum atomic E-state index is 12.9. The lowest BCUT2D eigenvalue weighted by Crippen LogP contribution is -2.19. The lowest BCUT2D eigenvalue weighted by Gasteiger charge is -2.13. The van der Waals surface area contributed by atoms with E-state index in [4.69, 9.17) is 5.11 Å². The number of hydrogen-bond donors (Lipinski definition) is 1. The van der Waals surface area contributed by atoms with Gasteiger partial charge in [-0.2, -0.15) is 13.2 Å². The molecule has 2 aromatic rings. The maximum absolute atomic E-state index is 12.9. The summed E-state index contributed by atoms with van der Waals surface area (Å²) >= 11 is 0. The van der Waals surface area contributed by atoms with E-state index in [0.717, 1.165) is 11.1 Å². The van der Waals surface area contributed by atoms with Crippen LogP contribution in [-0.2, 0) is 12.8 Å². The van der Waals surface area contributed by atoms with E-state index < -0.39 is 11.7 Å². The summed E-state index contributed by atoms with van der Waals surface area (Å²) in [6, 6.07) is 9.58. The number of hydrogen-bond acceptors (Lipinski definition) is 1. The first-order valence-electron chi connectivity index (χ1n) is 6.21. The van der Waals surface area contributed by atoms with Crippen LogP contribution in [0.1, 0.15) is 16.7 Å². The number of aliphatic hydroxyl groups excluding tert-OH is 1. The molecule has 0 unspecified atom stereocenters. The minimum Gasteiger partial charge on any atom is -0.392 e. The van der Waals surface area contributed by atoms with Gasteiger partial charge in [0, 0.05) is 5.56 Å². The van der Waals surface area contributed by atoms with Gasteiger partial charge in [0.2, 0.25) is 0 Å². The minimum absolute atomic E-state index is 0.0756. The molecule has 0 saturated carbocycles. The van der Waals surface area contributed by atoms with Crippen molar-refractivity contribution in [1.82, 2.24) is 0 Å². The second kappa shape index (κ2) is 5.33. The fraction of sp³-hybridized carbons (Fsp3) is 0.200. The zero-order chi connectivity index (χ0) is 14.9. The van der Waals surface area contributed by atoms with Crippen LogP contribution in [0.15, 0.2) is 36.4 Å². The van der Waals surface area contributed by atoms with Crippen LogP contribution in [-0.4, -0.2) is 13.0 Å². The zero-order valence-corrected chi connectivity index (χ0v) is 11.3. The van der Waals surface area contributed by atoms with Crippen molar-refractivity contribution in [1.29, 1.82) is 0 Å². The molecule has 104 valence electrons. The zero-order valence-electron chi connectivity index (χ0n) is 11.3. The van der Waals surface area contributed by atoms with Crippen LogP contribution in [0.5, 0.6) is 0 Å². The van der Waals surface area contributed by atoms with Crippen molar-refractivity contribution >= 4 is 13.3 Å². The Morgan fingerprint density at radius 2 is 1.65 bits per heavy atom. The normalized spacial score (nSPS) is 11.7. The van der Waals surface area contributed by atoms with Gasteiger partial charge in [-0.15, -0.1) is 0 Å². The molecule has 0 heterocycles. The Hall–Kier alpha value is -1.75. The van der Waals surface area contributed by atoms with Crippen molar-refractivity contribution < 1.29 is 18.3 Å². The Labute approximate surface area is 116 Å². The summed E-state index contributed by atoms with van der Waals surface area (Å²) in [6.07, 6.45) is -4.35. The fourth-order valence-corrected chi connectivity index (χ4v) is 2.16. The molecule has 1 nitrogen and oxygen atoms in total. The van der Waals surface area contributed by atoms with E-state index in [1.165, 1.54) is 20.0 Å². The SMILES string of the molecule is Bc1ccc(-c2ccc(CO)c(C)c2)cc1C(F)(F)F. The number of aryl methyl sites for hydroxylation is 1. The summed E-state index contributed by atoms with van der Waals surface area (Å²) in [7, 11) is 1.45. The fourth-order valence-electron chi connectivity index (χ4n) is 2.16. The summed E-state index contributed by atoms with van der Waals surface area (Å²) in [5, 5.41) is 9.12. The largest absolute Gasteiger partial charge is 0.415 e. The molecular formula is C15H14BF3O. The van der Waals surface area contributed by atoms with E-state index in [2.05, 4.69) is 0 Å². The van der Waals surface area contributed by atoms with Gasteiger partial charge in [-0.25, -0.2) is 0 Å². The lowest BCUT2D eigenvalue weighted by atomic mass is 9.87. The quantitative estimate of drug-likeness (QED) is 0.836. The highest BCUT2D eigenvalue weighted by Crippen LogP contribution is 2.31. The van der Waals surface area contributed by atoms with Crippen molar-refractivity contribution in [3.8, 4) is 11.1 Å². The molecule has 1 N–H and O–H groups in total. The highest BCUT2D eigenvalue weighted by atomic mass is 19.4. The van der Waals surface area contributed by atoms with Gasteiger partial charge < -0.3 is 5.11 Å². The van der Waals surface area contributed by atoms with Gasteiger partial charge >= 0.3 is 6.18 Å². The molecule has 20 heavy (non-hydrogen) atoms. The first kappa shape index (κ1) is 14.7. The van der Waals surface area contributed by atoms with Crippen LogP contribution < -0.4 is 5.46 Å². The van der Waals surface area contributed by atoms with E-state index in [1.54, 1.807) is 24.3 Å². The molecule has 0 aromatic heterocycles. The third-order valence-corrected chi connectivity index (χ3v) is 3.39. The predicted molar refractivity (Wildman–Crippen MR) is 75.7 cm³/mol. The van der Waals surface area contributed by atoms with Gasteiger partial charge in [0.25, 0.3) is 0 Å². The standard InChI is InChI=1S/C15H14BF3O/c1-9-6-10(2-3-12(9)8-20)11-4-5-14(16)13(7-11)15(17,18)19/h2-7,20H,8,16H2,1H3. The number of halogens is 3. The maximum Gasteiger partial charge on any atom is 0.415 e. The molecule has 0 aliphatic heterocycles. The average molecular weight is 278 g/mol. The number of rotatable bonds is 2. The molecule has 0 saturated heterocycles. The Bertz CT molecular complexity index is 636. The van der Waals surface area contributed by atoms with Crippen molar-refractivity contribution in [3.05, 3.63) is 53.1 Å². The number of alkyl halides is 3. The molecule has 0 radical (unpaired) electrons. The molecule has 0 aliphatic carbocycles. The van der Waals surface area contributed by atoms with Crippen LogP contribution in [0, 0.1) is 6.92 Å². The molecule has 0 bridgehead atoms. The van der Waals surface area contributed by atoms with Gasteiger partial charge in [0.15, 0.2) is 0 Å². The van der Waals surface area contributed by atoms with E-state index in [9.17, 15) is 13.2 Å². The van der Waals surface area contributed by atoms with E-state index in [0.29, 0.717) is 11.1 Å². The smallest absolute Gasteiger partial charge is 0.392 e. The highest BCUT2D eigenvalue weighted by molar-refractivity contribution is 6.33. The van der Waals surface area contributed by atoms with E-state index in [1.807, 2.05) is 6.92 Å². The molecule has 0 amide bonds. The second-order valence-electron chi connectivity index (χ2n) is 4.83. The van der Waals surface area contributed by atoms with Crippen molar-refractivity contribution in [2.45, 2.75) is 19.7 Å². The van der Waals surface area contributed by atoms with Gasteiger partial charge in [-0.1, -0.05) is 35.8 Å². The molecule has 0 fully saturated rings. The Morgan fingerprint density at radius 1 is 1.05 bits per heavy atom. The Kier molecular flexibility index (Phi) is 3.90. The topological polar surface area (TPSA) is 20.2 Å². The summed E-state index contributed by atoms with van der Waals surface area (Å²) < 4.78 is 38.7. The third-order valence-electron chi connectivity index (χ3n) is 3.39. The van der Waals surface area contributed by atoms with E-state index >= 15 is 0 Å². The van der Waals surface area contributed by atoms with Gasteiger partial charge in [-0.05, 0) is 35.2 Å². The molecule has 0 spiro atoms. The summed E-state index contributed by atoms with van der Waals surface area (Å²) in [6.45, 7) is 1.75. The van der Waals surface area contributed by atoms with Crippen molar-refractivity contribution in [3.63, 3.8) is 0 Å². The van der Waals surface area contributed by atoms with Crippen LogP contribution in [0.25, 0.3) is 11.1 Å². The molecule has 0 aliphatic rings. The Balaban J connectivity index is 2.51. The second-order valence-corrected chi connectivity index (χ2v) is 4.83. The Morgan fingerprint density at radius 3 is 2.20 bits per heavy atom. The first-order valence-corrected chi connectivity index (χ1v) is 6.21. The molecule has 0 atom stereocenters. The first-order chi connectivity index (χ1) is 9.32. The molecule has 2 aromatic carbocycles. The highest BCUT2D eigenvalue weighted by Gasteiger charge is 2.32. The summed E-state index contributed by atoms with van der Waals surface area (Å²) in [4.78, 5) is 0. The lowest BCUT2D eigenvalue weighted by molar-refractivity contribution is -0.136. The van der Waals surface area contributed by atoms with Crippen molar-refractivity contribution in [2.75, 3.05) is 0 Å². The molecule has 5 heteroatoms. The van der Waals surface area contributed by atoms with Crippen LogP contribution in [0.3, 0.4) is 0 Å². The average Bonchev–Trinajstić information content (AvgIpc) is 2.37. The van der Waals surface area contributed by atoms with Crippen LogP contribution in [0.4, 0.5) is 13.2 Å².